The van der Waals surface area contributed by atoms with Crippen molar-refractivity contribution in [1.82, 2.24) is 15.4 Å². The Morgan fingerprint density at radius 2 is 2.28 bits per heavy atom. The minimum Gasteiger partial charge on any atom is -0.360 e. The van der Waals surface area contributed by atoms with E-state index in [1.807, 2.05) is 0 Å². The first kappa shape index (κ1) is 11.8. The van der Waals surface area contributed by atoms with Crippen LogP contribution in [0.4, 0.5) is 11.5 Å². The van der Waals surface area contributed by atoms with E-state index in [4.69, 9.17) is 4.52 Å². The van der Waals surface area contributed by atoms with Gasteiger partial charge in [-0.05, 0) is 13.8 Å². The van der Waals surface area contributed by atoms with Gasteiger partial charge in [0, 0.05) is 6.07 Å². The molecule has 0 bridgehead atoms. The molecule has 9 nitrogen and oxygen atoms in total. The number of aromatic amines is 1. The van der Waals surface area contributed by atoms with Gasteiger partial charge in [-0.15, -0.1) is 0 Å². The third-order valence-corrected chi connectivity index (χ3v) is 2.18. The molecule has 0 unspecified atom stereocenters. The van der Waals surface area contributed by atoms with Crippen molar-refractivity contribution in [3.8, 4) is 0 Å². The zero-order valence-electron chi connectivity index (χ0n) is 9.55. The number of hydrogen-bond donors (Lipinski definition) is 2. The molecule has 0 saturated heterocycles. The van der Waals surface area contributed by atoms with Crippen molar-refractivity contribution in [2.75, 3.05) is 5.32 Å². The highest BCUT2D eigenvalue weighted by molar-refractivity contribution is 6.05. The molecule has 2 aromatic heterocycles. The number of rotatable bonds is 3. The van der Waals surface area contributed by atoms with Gasteiger partial charge in [-0.25, -0.2) is 0 Å². The van der Waals surface area contributed by atoms with E-state index < -0.39 is 10.8 Å². The van der Waals surface area contributed by atoms with Crippen molar-refractivity contribution >= 4 is 17.4 Å². The van der Waals surface area contributed by atoms with Gasteiger partial charge < -0.3 is 9.84 Å². The summed E-state index contributed by atoms with van der Waals surface area (Å²) in [4.78, 5) is 21.9. The third-order valence-electron chi connectivity index (χ3n) is 2.18. The second-order valence-electron chi connectivity index (χ2n) is 3.58. The van der Waals surface area contributed by atoms with Crippen LogP contribution in [0.15, 0.2) is 10.6 Å². The summed E-state index contributed by atoms with van der Waals surface area (Å²) in [6, 6.07) is 1.49. The number of hydrogen-bond acceptors (Lipinski definition) is 6. The predicted molar refractivity (Wildman–Crippen MR) is 59.2 cm³/mol. The molecule has 18 heavy (non-hydrogen) atoms. The van der Waals surface area contributed by atoms with Gasteiger partial charge in [0.1, 0.15) is 11.5 Å². The highest BCUT2D eigenvalue weighted by Crippen LogP contribution is 2.21. The molecule has 9 heteroatoms. The molecule has 0 aliphatic rings. The van der Waals surface area contributed by atoms with Gasteiger partial charge in [0.05, 0.1) is 4.92 Å². The van der Waals surface area contributed by atoms with Crippen LogP contribution in [0.25, 0.3) is 0 Å². The quantitative estimate of drug-likeness (QED) is 0.622. The van der Waals surface area contributed by atoms with E-state index in [-0.39, 0.29) is 22.9 Å². The third kappa shape index (κ3) is 2.05. The average molecular weight is 251 g/mol. The van der Waals surface area contributed by atoms with E-state index in [1.165, 1.54) is 13.0 Å². The second-order valence-corrected chi connectivity index (χ2v) is 3.58. The van der Waals surface area contributed by atoms with E-state index in [2.05, 4.69) is 20.7 Å². The molecule has 1 amide bonds. The molecule has 2 heterocycles. The summed E-state index contributed by atoms with van der Waals surface area (Å²) in [5.74, 6) is -0.0372. The van der Waals surface area contributed by atoms with E-state index >= 15 is 0 Å². The minimum absolute atomic E-state index is 0.174. The number of H-pyrrole nitrogens is 1. The maximum Gasteiger partial charge on any atom is 0.322 e. The Labute approximate surface area is 100 Å². The Morgan fingerprint density at radius 1 is 1.56 bits per heavy atom. The first-order valence-electron chi connectivity index (χ1n) is 4.93. The van der Waals surface area contributed by atoms with Crippen LogP contribution in [0, 0.1) is 24.0 Å². The molecule has 0 aromatic carbocycles. The molecule has 2 rings (SSSR count). The smallest absolute Gasteiger partial charge is 0.322 e. The molecule has 0 radical (unpaired) electrons. The first-order valence-corrected chi connectivity index (χ1v) is 4.93. The van der Waals surface area contributed by atoms with Gasteiger partial charge in [0.2, 0.25) is 5.69 Å². The molecule has 2 aromatic rings. The fourth-order valence-corrected chi connectivity index (χ4v) is 1.41. The standard InChI is InChI=1S/C9H9N5O4/c1-4-3-6(13-18-4)10-9(15)7-8(14(16)17)5(2)11-12-7/h3H,1-2H3,(H,11,12)(H,10,13,15). The number of nitrogens with one attached hydrogen (secondary N) is 2. The predicted octanol–water partition coefficient (Wildman–Crippen LogP) is 1.18. The number of amides is 1. The number of aromatic nitrogens is 3. The van der Waals surface area contributed by atoms with Gasteiger partial charge in [0.15, 0.2) is 5.82 Å². The molecule has 0 atom stereocenters. The number of nitro groups is 1. The van der Waals surface area contributed by atoms with E-state index in [0.29, 0.717) is 5.76 Å². The zero-order chi connectivity index (χ0) is 13.3. The van der Waals surface area contributed by atoms with Gasteiger partial charge in [-0.1, -0.05) is 5.16 Å². The van der Waals surface area contributed by atoms with Crippen LogP contribution in [-0.2, 0) is 0 Å². The monoisotopic (exact) mass is 251 g/mol. The highest BCUT2D eigenvalue weighted by atomic mass is 16.6. The van der Waals surface area contributed by atoms with Gasteiger partial charge >= 0.3 is 5.69 Å². The van der Waals surface area contributed by atoms with E-state index in [1.54, 1.807) is 6.92 Å². The molecular weight excluding hydrogens is 242 g/mol. The molecule has 94 valence electrons. The van der Waals surface area contributed by atoms with Crippen molar-refractivity contribution in [2.45, 2.75) is 13.8 Å². The van der Waals surface area contributed by atoms with Crippen molar-refractivity contribution in [3.05, 3.63) is 33.3 Å². The molecule has 0 fully saturated rings. The molecule has 0 spiro atoms. The molecule has 0 saturated carbocycles. The lowest BCUT2D eigenvalue weighted by molar-refractivity contribution is -0.385. The number of carbonyl (C=O) groups excluding carboxylic acids is 1. The maximum absolute atomic E-state index is 11.8. The maximum atomic E-state index is 11.8. The Hall–Kier alpha value is -2.71. The summed E-state index contributed by atoms with van der Waals surface area (Å²) in [5.41, 5.74) is -0.438. The van der Waals surface area contributed by atoms with Crippen LogP contribution in [0.3, 0.4) is 0 Å². The number of anilines is 1. The first-order chi connectivity index (χ1) is 8.49. The zero-order valence-corrected chi connectivity index (χ0v) is 9.55. The summed E-state index contributed by atoms with van der Waals surface area (Å²) in [6.45, 7) is 3.12. The van der Waals surface area contributed by atoms with Crippen LogP contribution >= 0.6 is 0 Å². The lowest BCUT2D eigenvalue weighted by Crippen LogP contribution is -2.14. The minimum atomic E-state index is -0.723. The largest absolute Gasteiger partial charge is 0.360 e. The topological polar surface area (TPSA) is 127 Å². The van der Waals surface area contributed by atoms with Crippen LogP contribution in [0.2, 0.25) is 0 Å². The SMILES string of the molecule is Cc1cc(NC(=O)c2n[nH]c(C)c2[N+](=O)[O-])no1. The number of carbonyl (C=O) groups is 1. The van der Waals surface area contributed by atoms with Gasteiger partial charge in [-0.3, -0.25) is 20.0 Å². The normalized spacial score (nSPS) is 10.3. The van der Waals surface area contributed by atoms with Crippen molar-refractivity contribution in [2.24, 2.45) is 0 Å². The van der Waals surface area contributed by atoms with Crippen LogP contribution in [0.5, 0.6) is 0 Å². The van der Waals surface area contributed by atoms with Crippen LogP contribution in [0.1, 0.15) is 21.9 Å². The fourth-order valence-electron chi connectivity index (χ4n) is 1.41. The Morgan fingerprint density at radius 3 is 2.83 bits per heavy atom. The Kier molecular flexibility index (Phi) is 2.80. The molecule has 0 aliphatic carbocycles. The Bertz CT molecular complexity index is 614. The summed E-state index contributed by atoms with van der Waals surface area (Å²) in [5, 5.41) is 22.7. The van der Waals surface area contributed by atoms with E-state index in [0.717, 1.165) is 0 Å². The van der Waals surface area contributed by atoms with Crippen molar-refractivity contribution < 1.29 is 14.2 Å². The van der Waals surface area contributed by atoms with Crippen molar-refractivity contribution in [1.29, 1.82) is 0 Å². The van der Waals surface area contributed by atoms with Crippen LogP contribution in [-0.4, -0.2) is 26.2 Å². The fraction of sp³-hybridized carbons (Fsp3) is 0.222. The summed E-state index contributed by atoms with van der Waals surface area (Å²) >= 11 is 0. The summed E-state index contributed by atoms with van der Waals surface area (Å²) < 4.78 is 4.76. The number of aryl methyl sites for hydroxylation is 2. The van der Waals surface area contributed by atoms with E-state index in [9.17, 15) is 14.9 Å². The second kappa shape index (κ2) is 4.28. The Balaban J connectivity index is 2.27. The summed E-state index contributed by atoms with van der Waals surface area (Å²) in [7, 11) is 0. The highest BCUT2D eigenvalue weighted by Gasteiger charge is 2.27. The number of nitrogens with zero attached hydrogens (tertiary/aromatic N) is 3. The molecule has 2 N–H and O–H groups in total. The molecular formula is C9H9N5O4. The van der Waals surface area contributed by atoms with Crippen molar-refractivity contribution in [3.63, 3.8) is 0 Å². The van der Waals surface area contributed by atoms with Gasteiger partial charge in [0.25, 0.3) is 5.91 Å². The lowest BCUT2D eigenvalue weighted by atomic mass is 10.3. The summed E-state index contributed by atoms with van der Waals surface area (Å²) in [6.07, 6.45) is 0. The van der Waals surface area contributed by atoms with Crippen LogP contribution < -0.4 is 5.32 Å². The average Bonchev–Trinajstić information content (AvgIpc) is 2.84. The molecule has 0 aliphatic heterocycles. The lowest BCUT2D eigenvalue weighted by Gasteiger charge is -1.96. The van der Waals surface area contributed by atoms with Gasteiger partial charge in [-0.2, -0.15) is 5.10 Å².